The molecular formula is C33H36N2O. The molecule has 0 saturated carbocycles. The fraction of sp³-hybridized carbons (Fsp3) is 0.333. The fourth-order valence-corrected chi connectivity index (χ4v) is 4.88. The lowest BCUT2D eigenvalue weighted by Gasteiger charge is -2.21. The highest BCUT2D eigenvalue weighted by Gasteiger charge is 2.21. The van der Waals surface area contributed by atoms with Gasteiger partial charge in [0.25, 0.3) is 0 Å². The van der Waals surface area contributed by atoms with E-state index in [-0.39, 0.29) is 11.0 Å². The van der Waals surface area contributed by atoms with Crippen LogP contribution >= 0.6 is 0 Å². The number of hydrogen-bond acceptors (Lipinski definition) is 3. The SMILES string of the molecule is [2H]C([2H])([2H])c1cc(-c2cccc3c2oc2nc(-c4c(C([2H])(C)C)cccc4C([2H])(C)C)ccc23)ncc1C(C)(C)C. The van der Waals surface area contributed by atoms with E-state index in [2.05, 4.69) is 4.98 Å². The van der Waals surface area contributed by atoms with Gasteiger partial charge >= 0.3 is 0 Å². The molecule has 2 aromatic carbocycles. The van der Waals surface area contributed by atoms with Crippen molar-refractivity contribution in [3.8, 4) is 22.5 Å². The van der Waals surface area contributed by atoms with Crippen LogP contribution in [-0.4, -0.2) is 9.97 Å². The summed E-state index contributed by atoms with van der Waals surface area (Å²) in [6.45, 7) is 11.0. The van der Waals surface area contributed by atoms with Crippen LogP contribution in [0.1, 0.15) is 89.4 Å². The highest BCUT2D eigenvalue weighted by Crippen LogP contribution is 2.39. The van der Waals surface area contributed by atoms with E-state index in [1.165, 1.54) is 0 Å². The van der Waals surface area contributed by atoms with Gasteiger partial charge in [-0.15, -0.1) is 0 Å². The number of rotatable bonds is 4. The number of aromatic nitrogens is 2. The van der Waals surface area contributed by atoms with Crippen LogP contribution in [-0.2, 0) is 5.41 Å². The van der Waals surface area contributed by atoms with E-state index in [0.29, 0.717) is 33.8 Å². The predicted octanol–water partition coefficient (Wildman–Crippen LogP) is 9.56. The van der Waals surface area contributed by atoms with Crippen molar-refractivity contribution in [2.45, 2.75) is 72.5 Å². The summed E-state index contributed by atoms with van der Waals surface area (Å²) in [7, 11) is 0. The third-order valence-corrected chi connectivity index (χ3v) is 6.75. The number of hydrogen-bond donors (Lipinski definition) is 0. The average Bonchev–Trinajstić information content (AvgIpc) is 3.24. The van der Waals surface area contributed by atoms with Crippen LogP contribution in [0.5, 0.6) is 0 Å². The minimum Gasteiger partial charge on any atom is -0.437 e. The first kappa shape index (κ1) is 18.8. The maximum absolute atomic E-state index is 8.79. The maximum atomic E-state index is 8.79. The minimum atomic E-state index is -2.29. The summed E-state index contributed by atoms with van der Waals surface area (Å²) in [5.74, 6) is -1.81. The standard InChI is InChI=1S/C33H36N2O/c1-19(2)22-11-9-12-23(20(3)4)30(22)28-16-15-25-24-13-10-14-26(31(24)36-32(25)35-28)29-17-21(5)27(18-34-29)33(6,7)8/h9-20H,1-8H3/i5D3,19D,20D. The molecular weight excluding hydrogens is 440 g/mol. The van der Waals surface area contributed by atoms with E-state index in [9.17, 15) is 0 Å². The molecule has 0 bridgehead atoms. The summed E-state index contributed by atoms with van der Waals surface area (Å²) in [4.78, 5) is 9.61. The fourth-order valence-electron chi connectivity index (χ4n) is 4.88. The van der Waals surface area contributed by atoms with Gasteiger partial charge < -0.3 is 4.42 Å². The van der Waals surface area contributed by atoms with Gasteiger partial charge in [-0.1, -0.05) is 78.8 Å². The lowest BCUT2D eigenvalue weighted by Crippen LogP contribution is -2.13. The molecule has 3 nitrogen and oxygen atoms in total. The molecule has 0 spiro atoms. The molecule has 0 aliphatic carbocycles. The molecule has 0 unspecified atom stereocenters. The number of pyridine rings is 2. The van der Waals surface area contributed by atoms with Gasteiger partial charge in [-0.25, -0.2) is 4.98 Å². The van der Waals surface area contributed by atoms with Crippen LogP contribution in [0.4, 0.5) is 0 Å². The molecule has 0 saturated heterocycles. The van der Waals surface area contributed by atoms with E-state index >= 15 is 0 Å². The Morgan fingerprint density at radius 1 is 0.861 bits per heavy atom. The van der Waals surface area contributed by atoms with E-state index in [4.69, 9.17) is 16.3 Å². The Morgan fingerprint density at radius 3 is 2.19 bits per heavy atom. The Balaban J connectivity index is 1.74. The van der Waals surface area contributed by atoms with Crippen LogP contribution in [0.3, 0.4) is 0 Å². The third kappa shape index (κ3) is 4.11. The molecule has 3 heterocycles. The van der Waals surface area contributed by atoms with Gasteiger partial charge in [-0.2, -0.15) is 0 Å². The van der Waals surface area contributed by atoms with Crippen molar-refractivity contribution >= 4 is 22.1 Å². The summed E-state index contributed by atoms with van der Waals surface area (Å²) in [5, 5.41) is 1.67. The normalized spacial score (nSPS) is 15.4. The van der Waals surface area contributed by atoms with Crippen molar-refractivity contribution in [2.75, 3.05) is 0 Å². The van der Waals surface area contributed by atoms with Gasteiger partial charge in [0.15, 0.2) is 0 Å². The molecule has 3 aromatic heterocycles. The monoisotopic (exact) mass is 481 g/mol. The second-order valence-electron chi connectivity index (χ2n) is 10.9. The summed E-state index contributed by atoms with van der Waals surface area (Å²) >= 11 is 0. The largest absolute Gasteiger partial charge is 0.437 e. The van der Waals surface area contributed by atoms with Crippen LogP contribution in [0.25, 0.3) is 44.6 Å². The van der Waals surface area contributed by atoms with Crippen molar-refractivity contribution < 1.29 is 11.3 Å². The van der Waals surface area contributed by atoms with Crippen LogP contribution in [0.2, 0.25) is 0 Å². The van der Waals surface area contributed by atoms with Gasteiger partial charge in [-0.05, 0) is 70.6 Å². The summed E-state index contributed by atoms with van der Waals surface area (Å²) < 4.78 is 48.5. The van der Waals surface area contributed by atoms with Crippen LogP contribution in [0, 0.1) is 6.85 Å². The molecule has 0 radical (unpaired) electrons. The second kappa shape index (κ2) is 8.89. The summed E-state index contributed by atoms with van der Waals surface area (Å²) in [6.07, 6.45) is 1.67. The minimum absolute atomic E-state index is 0.281. The summed E-state index contributed by atoms with van der Waals surface area (Å²) in [5.41, 5.74) is 5.81. The highest BCUT2D eigenvalue weighted by atomic mass is 16.3. The molecule has 5 aromatic rings. The Hall–Kier alpha value is -3.46. The molecule has 0 N–H and O–H groups in total. The molecule has 0 fully saturated rings. The Labute approximate surface area is 221 Å². The number of furan rings is 1. The van der Waals surface area contributed by atoms with Crippen LogP contribution < -0.4 is 0 Å². The van der Waals surface area contributed by atoms with Crippen molar-refractivity contribution in [3.05, 3.63) is 83.0 Å². The van der Waals surface area contributed by atoms with Crippen LogP contribution in [0.15, 0.2) is 65.2 Å². The van der Waals surface area contributed by atoms with E-state index in [1.54, 1.807) is 12.3 Å². The molecule has 36 heavy (non-hydrogen) atoms. The first-order valence-corrected chi connectivity index (χ1v) is 12.4. The zero-order chi connectivity index (χ0) is 30.1. The molecule has 0 aliphatic heterocycles. The second-order valence-corrected chi connectivity index (χ2v) is 10.9. The van der Waals surface area contributed by atoms with Crippen molar-refractivity contribution in [2.24, 2.45) is 0 Å². The molecule has 5 rings (SSSR count). The van der Waals surface area contributed by atoms with Gasteiger partial charge in [-0.3, -0.25) is 4.98 Å². The number of nitrogens with zero attached hydrogens (tertiary/aromatic N) is 2. The van der Waals surface area contributed by atoms with Crippen molar-refractivity contribution in [1.82, 2.24) is 9.97 Å². The van der Waals surface area contributed by atoms with Gasteiger partial charge in [0.1, 0.15) is 5.58 Å². The molecule has 0 aliphatic rings. The van der Waals surface area contributed by atoms with Gasteiger partial charge in [0, 0.05) is 34.9 Å². The molecule has 0 atom stereocenters. The first-order valence-electron chi connectivity index (χ1n) is 14.9. The maximum Gasteiger partial charge on any atom is 0.227 e. The Kier molecular flexibility index (Phi) is 4.63. The van der Waals surface area contributed by atoms with E-state index < -0.39 is 18.6 Å². The molecule has 3 heteroatoms. The number of para-hydroxylation sites is 1. The highest BCUT2D eigenvalue weighted by molar-refractivity contribution is 6.08. The van der Waals surface area contributed by atoms with Gasteiger partial charge in [0.2, 0.25) is 5.71 Å². The first-order chi connectivity index (χ1) is 18.9. The average molecular weight is 482 g/mol. The third-order valence-electron chi connectivity index (χ3n) is 6.75. The number of aryl methyl sites for hydroxylation is 1. The molecule has 0 amide bonds. The quantitative estimate of drug-likeness (QED) is 0.256. The topological polar surface area (TPSA) is 38.9 Å². The Morgan fingerprint density at radius 2 is 1.56 bits per heavy atom. The van der Waals surface area contributed by atoms with E-state index in [0.717, 1.165) is 27.5 Å². The van der Waals surface area contributed by atoms with Gasteiger partial charge in [0.05, 0.1) is 11.4 Å². The molecule has 184 valence electrons. The number of fused-ring (bicyclic) bond motifs is 3. The number of benzene rings is 2. The smallest absolute Gasteiger partial charge is 0.227 e. The lowest BCUT2D eigenvalue weighted by molar-refractivity contribution is 0.583. The zero-order valence-electron chi connectivity index (χ0n) is 27.1. The zero-order valence-corrected chi connectivity index (χ0v) is 22.1. The van der Waals surface area contributed by atoms with Crippen molar-refractivity contribution in [3.63, 3.8) is 0 Å². The summed E-state index contributed by atoms with van der Waals surface area (Å²) in [6, 6.07) is 17.0. The predicted molar refractivity (Wildman–Crippen MR) is 152 cm³/mol. The van der Waals surface area contributed by atoms with E-state index in [1.807, 2.05) is 97.0 Å². The van der Waals surface area contributed by atoms with Crippen molar-refractivity contribution in [1.29, 1.82) is 0 Å². The Bertz CT molecular complexity index is 1750. The lowest BCUT2D eigenvalue weighted by atomic mass is 9.85.